The van der Waals surface area contributed by atoms with Crippen LogP contribution in [0.5, 0.6) is 0 Å². The van der Waals surface area contributed by atoms with Gasteiger partial charge < -0.3 is 5.11 Å². The molecule has 1 N–H and O–H groups in total. The lowest BCUT2D eigenvalue weighted by atomic mass is 9.94. The van der Waals surface area contributed by atoms with E-state index in [0.29, 0.717) is 23.0 Å². The number of nitriles is 1. The van der Waals surface area contributed by atoms with E-state index in [2.05, 4.69) is 6.07 Å². The highest BCUT2D eigenvalue weighted by Gasteiger charge is 2.47. The van der Waals surface area contributed by atoms with Crippen molar-refractivity contribution in [1.82, 2.24) is 4.90 Å². The van der Waals surface area contributed by atoms with E-state index in [1.165, 1.54) is 0 Å². The van der Waals surface area contributed by atoms with Crippen LogP contribution in [-0.2, 0) is 11.3 Å². The highest BCUT2D eigenvalue weighted by molar-refractivity contribution is 6.31. The summed E-state index contributed by atoms with van der Waals surface area (Å²) < 4.78 is 0. The van der Waals surface area contributed by atoms with Crippen LogP contribution in [0, 0.1) is 23.2 Å². The van der Waals surface area contributed by atoms with Crippen molar-refractivity contribution in [2.24, 2.45) is 11.8 Å². The summed E-state index contributed by atoms with van der Waals surface area (Å²) in [6, 6.07) is 6.86. The molecule has 21 heavy (non-hydrogen) atoms. The Kier molecular flexibility index (Phi) is 3.88. The molecule has 0 bridgehead atoms. The molecule has 1 saturated heterocycles. The third-order valence-electron chi connectivity index (χ3n) is 4.79. The minimum absolute atomic E-state index is 0.277. The van der Waals surface area contributed by atoms with E-state index in [1.54, 1.807) is 12.1 Å². The molecule has 1 aliphatic carbocycles. The third-order valence-corrected chi connectivity index (χ3v) is 5.15. The summed E-state index contributed by atoms with van der Waals surface area (Å²) in [5.74, 6) is 0.0529. The van der Waals surface area contributed by atoms with Crippen molar-refractivity contribution in [2.45, 2.75) is 31.8 Å². The van der Waals surface area contributed by atoms with Gasteiger partial charge in [-0.15, -0.1) is 0 Å². The van der Waals surface area contributed by atoms with Gasteiger partial charge in [-0.1, -0.05) is 24.1 Å². The first-order chi connectivity index (χ1) is 10.1. The normalized spacial score (nSPS) is 28.3. The Bertz CT molecular complexity index is 611. The highest BCUT2D eigenvalue weighted by Crippen LogP contribution is 2.43. The molecule has 2 aliphatic rings. The van der Waals surface area contributed by atoms with Gasteiger partial charge in [0.1, 0.15) is 6.04 Å². The second kappa shape index (κ2) is 5.67. The minimum Gasteiger partial charge on any atom is -0.480 e. The SMILES string of the molecule is N#Cc1ccc(CN2CC3CCCC3C2C(=O)O)c(Cl)c1. The largest absolute Gasteiger partial charge is 0.480 e. The monoisotopic (exact) mass is 304 g/mol. The first kappa shape index (κ1) is 14.4. The number of carboxylic acids is 1. The Morgan fingerprint density at radius 1 is 1.48 bits per heavy atom. The molecule has 0 amide bonds. The summed E-state index contributed by atoms with van der Waals surface area (Å²) >= 11 is 6.21. The lowest BCUT2D eigenvalue weighted by molar-refractivity contribution is -0.143. The lowest BCUT2D eigenvalue weighted by Gasteiger charge is -2.24. The van der Waals surface area contributed by atoms with Gasteiger partial charge in [-0.25, -0.2) is 0 Å². The van der Waals surface area contributed by atoms with Crippen LogP contribution in [-0.4, -0.2) is 28.6 Å². The first-order valence-electron chi connectivity index (χ1n) is 7.25. The van der Waals surface area contributed by atoms with E-state index in [0.717, 1.165) is 31.4 Å². The molecular weight excluding hydrogens is 288 g/mol. The van der Waals surface area contributed by atoms with Crippen LogP contribution in [0.3, 0.4) is 0 Å². The molecule has 3 rings (SSSR count). The fourth-order valence-electron chi connectivity index (χ4n) is 3.86. The number of nitrogens with zero attached hydrogens (tertiary/aromatic N) is 2. The molecular formula is C16H17ClN2O2. The van der Waals surface area contributed by atoms with Crippen molar-refractivity contribution in [1.29, 1.82) is 5.26 Å². The number of halogens is 1. The molecule has 0 aromatic heterocycles. The number of hydrogen-bond acceptors (Lipinski definition) is 3. The van der Waals surface area contributed by atoms with Crippen LogP contribution in [0.4, 0.5) is 0 Å². The summed E-state index contributed by atoms with van der Waals surface area (Å²) in [5, 5.41) is 18.9. The summed E-state index contributed by atoms with van der Waals surface area (Å²) in [4.78, 5) is 13.6. The van der Waals surface area contributed by atoms with Gasteiger partial charge in [0.2, 0.25) is 0 Å². The maximum absolute atomic E-state index is 11.6. The van der Waals surface area contributed by atoms with E-state index in [-0.39, 0.29) is 5.92 Å². The van der Waals surface area contributed by atoms with Crippen LogP contribution in [0.25, 0.3) is 0 Å². The molecule has 1 heterocycles. The van der Waals surface area contributed by atoms with Crippen molar-refractivity contribution >= 4 is 17.6 Å². The van der Waals surface area contributed by atoms with E-state index < -0.39 is 12.0 Å². The second-order valence-electron chi connectivity index (χ2n) is 5.99. The molecule has 1 aliphatic heterocycles. The van der Waals surface area contributed by atoms with Crippen molar-refractivity contribution in [3.05, 3.63) is 34.3 Å². The molecule has 0 spiro atoms. The van der Waals surface area contributed by atoms with Crippen LogP contribution in [0.2, 0.25) is 5.02 Å². The van der Waals surface area contributed by atoms with Gasteiger partial charge >= 0.3 is 5.97 Å². The Balaban J connectivity index is 1.81. The second-order valence-corrected chi connectivity index (χ2v) is 6.39. The molecule has 3 atom stereocenters. The van der Waals surface area contributed by atoms with Crippen molar-refractivity contribution < 1.29 is 9.90 Å². The number of carbonyl (C=O) groups is 1. The van der Waals surface area contributed by atoms with Gasteiger partial charge in [0.25, 0.3) is 0 Å². The van der Waals surface area contributed by atoms with Gasteiger partial charge in [0.05, 0.1) is 11.6 Å². The molecule has 3 unspecified atom stereocenters. The molecule has 1 aromatic rings. The van der Waals surface area contributed by atoms with Gasteiger partial charge in [-0.2, -0.15) is 5.26 Å². The average Bonchev–Trinajstić information content (AvgIpc) is 3.00. The summed E-state index contributed by atoms with van der Waals surface area (Å²) in [6.45, 7) is 1.37. The Labute approximate surface area is 128 Å². The van der Waals surface area contributed by atoms with Crippen LogP contribution in [0.1, 0.15) is 30.4 Å². The fourth-order valence-corrected chi connectivity index (χ4v) is 4.10. The number of rotatable bonds is 3. The molecule has 1 saturated carbocycles. The number of aliphatic carboxylic acids is 1. The summed E-state index contributed by atoms with van der Waals surface area (Å²) in [7, 11) is 0. The fraction of sp³-hybridized carbons (Fsp3) is 0.500. The predicted octanol–water partition coefficient (Wildman–Crippen LogP) is 2.90. The maximum atomic E-state index is 11.6. The Hall–Kier alpha value is -1.57. The summed E-state index contributed by atoms with van der Waals surface area (Å²) in [5.41, 5.74) is 1.42. The van der Waals surface area contributed by atoms with Gasteiger partial charge in [-0.05, 0) is 42.4 Å². The van der Waals surface area contributed by atoms with Crippen LogP contribution < -0.4 is 0 Å². The number of hydrogen-bond donors (Lipinski definition) is 1. The van der Waals surface area contributed by atoms with Crippen LogP contribution in [0.15, 0.2) is 18.2 Å². The molecule has 1 aromatic carbocycles. The zero-order valence-corrected chi connectivity index (χ0v) is 12.4. The number of likely N-dealkylation sites (tertiary alicyclic amines) is 1. The quantitative estimate of drug-likeness (QED) is 0.932. The predicted molar refractivity (Wildman–Crippen MR) is 78.8 cm³/mol. The van der Waals surface area contributed by atoms with Crippen molar-refractivity contribution in [3.63, 3.8) is 0 Å². The van der Waals surface area contributed by atoms with Gasteiger partial charge in [0, 0.05) is 18.1 Å². The summed E-state index contributed by atoms with van der Waals surface area (Å²) in [6.07, 6.45) is 3.29. The third kappa shape index (κ3) is 2.64. The molecule has 5 heteroatoms. The Morgan fingerprint density at radius 2 is 2.29 bits per heavy atom. The number of fused-ring (bicyclic) bond motifs is 1. The zero-order valence-electron chi connectivity index (χ0n) is 11.6. The van der Waals surface area contributed by atoms with Gasteiger partial charge in [-0.3, -0.25) is 9.69 Å². The number of benzene rings is 1. The minimum atomic E-state index is -0.728. The van der Waals surface area contributed by atoms with Crippen molar-refractivity contribution in [2.75, 3.05) is 6.54 Å². The van der Waals surface area contributed by atoms with Gasteiger partial charge in [0.15, 0.2) is 0 Å². The van der Waals surface area contributed by atoms with E-state index in [9.17, 15) is 9.90 Å². The van der Waals surface area contributed by atoms with E-state index in [1.807, 2.05) is 11.0 Å². The first-order valence-corrected chi connectivity index (χ1v) is 7.63. The zero-order chi connectivity index (χ0) is 15.0. The molecule has 110 valence electrons. The topological polar surface area (TPSA) is 64.3 Å². The van der Waals surface area contributed by atoms with Crippen molar-refractivity contribution in [3.8, 4) is 6.07 Å². The van der Waals surface area contributed by atoms with E-state index >= 15 is 0 Å². The Morgan fingerprint density at radius 3 is 2.95 bits per heavy atom. The molecule has 4 nitrogen and oxygen atoms in total. The van der Waals surface area contributed by atoms with E-state index in [4.69, 9.17) is 16.9 Å². The standard InChI is InChI=1S/C16H17ClN2O2/c17-14-6-10(7-18)4-5-12(14)9-19-8-11-2-1-3-13(11)15(19)16(20)21/h4-6,11,13,15H,1-3,8-9H2,(H,20,21). The van der Waals surface area contributed by atoms with Crippen LogP contribution >= 0.6 is 11.6 Å². The average molecular weight is 305 g/mol. The smallest absolute Gasteiger partial charge is 0.321 e. The molecule has 0 radical (unpaired) electrons. The highest BCUT2D eigenvalue weighted by atomic mass is 35.5. The lowest BCUT2D eigenvalue weighted by Crippen LogP contribution is -2.39. The number of carboxylic acid groups (broad SMARTS) is 1. The molecule has 2 fully saturated rings. The maximum Gasteiger partial charge on any atom is 0.321 e.